The van der Waals surface area contributed by atoms with Gasteiger partial charge in [0, 0.05) is 13.3 Å². The van der Waals surface area contributed by atoms with Crippen LogP contribution in [-0.2, 0) is 19.8 Å². The van der Waals surface area contributed by atoms with Crippen LogP contribution in [0.25, 0.3) is 0 Å². The second-order valence-corrected chi connectivity index (χ2v) is 4.50. The van der Waals surface area contributed by atoms with E-state index in [1.807, 2.05) is 0 Å². The number of nitrogens with one attached hydrogen (secondary N) is 1. The smallest absolute Gasteiger partial charge is 0.308 e. The van der Waals surface area contributed by atoms with Gasteiger partial charge in [-0.25, -0.2) is 0 Å². The monoisotopic (exact) mass is 247 g/mol. The molecule has 1 aliphatic heterocycles. The minimum Gasteiger partial charge on any atom is -0.427 e. The first-order valence-electron chi connectivity index (χ1n) is 5.55. The maximum Gasteiger partial charge on any atom is 0.308 e. The molecule has 2 rings (SSSR count). The Morgan fingerprint density at radius 3 is 2.33 bits per heavy atom. The third-order valence-electron chi connectivity index (χ3n) is 3.02. The molecule has 0 aromatic heterocycles. The van der Waals surface area contributed by atoms with Crippen molar-refractivity contribution in [1.29, 1.82) is 0 Å². The van der Waals surface area contributed by atoms with Crippen LogP contribution in [0.2, 0.25) is 0 Å². The lowest BCUT2D eigenvalue weighted by Crippen LogP contribution is -2.32. The Kier molecular flexibility index (Phi) is 2.90. The van der Waals surface area contributed by atoms with E-state index in [1.54, 1.807) is 31.2 Å². The molecule has 5 heteroatoms. The lowest BCUT2D eigenvalue weighted by atomic mass is 9.81. The predicted molar refractivity (Wildman–Crippen MR) is 62.9 cm³/mol. The van der Waals surface area contributed by atoms with Crippen molar-refractivity contribution >= 4 is 17.8 Å². The summed E-state index contributed by atoms with van der Waals surface area (Å²) in [6.07, 6.45) is 0.138. The van der Waals surface area contributed by atoms with E-state index in [0.717, 1.165) is 5.56 Å². The Bertz CT molecular complexity index is 520. The van der Waals surface area contributed by atoms with Gasteiger partial charge in [-0.2, -0.15) is 0 Å². The van der Waals surface area contributed by atoms with Crippen LogP contribution >= 0.6 is 0 Å². The highest BCUT2D eigenvalue weighted by Crippen LogP contribution is 2.32. The Balaban J connectivity index is 2.27. The van der Waals surface area contributed by atoms with E-state index < -0.39 is 11.4 Å². The second-order valence-electron chi connectivity index (χ2n) is 4.50. The van der Waals surface area contributed by atoms with Crippen molar-refractivity contribution in [3.8, 4) is 5.75 Å². The molecular formula is C13H13NO4. The molecule has 18 heavy (non-hydrogen) atoms. The zero-order valence-corrected chi connectivity index (χ0v) is 10.1. The van der Waals surface area contributed by atoms with Crippen molar-refractivity contribution in [3.05, 3.63) is 29.8 Å². The molecule has 0 spiro atoms. The zero-order valence-electron chi connectivity index (χ0n) is 10.1. The normalized spacial score (nSPS) is 22.8. The molecule has 1 unspecified atom stereocenters. The molecule has 94 valence electrons. The summed E-state index contributed by atoms with van der Waals surface area (Å²) in [7, 11) is 0. The van der Waals surface area contributed by atoms with Crippen LogP contribution < -0.4 is 10.1 Å². The number of esters is 1. The summed E-state index contributed by atoms with van der Waals surface area (Å²) in [5.41, 5.74) is -0.118. The van der Waals surface area contributed by atoms with Gasteiger partial charge in [0.25, 0.3) is 0 Å². The van der Waals surface area contributed by atoms with Gasteiger partial charge in [-0.05, 0) is 24.6 Å². The number of carbonyl (C=O) groups is 3. The molecule has 1 aromatic carbocycles. The quantitative estimate of drug-likeness (QED) is 0.479. The summed E-state index contributed by atoms with van der Waals surface area (Å²) in [5, 5.41) is 2.29. The third-order valence-corrected chi connectivity index (χ3v) is 3.02. The summed E-state index contributed by atoms with van der Waals surface area (Å²) in [6, 6.07) is 6.60. The summed E-state index contributed by atoms with van der Waals surface area (Å²) < 4.78 is 4.91. The highest BCUT2D eigenvalue weighted by atomic mass is 16.5. The van der Waals surface area contributed by atoms with E-state index in [9.17, 15) is 14.4 Å². The lowest BCUT2D eigenvalue weighted by Gasteiger charge is -2.20. The zero-order chi connectivity index (χ0) is 13.3. The Morgan fingerprint density at radius 2 is 1.89 bits per heavy atom. The van der Waals surface area contributed by atoms with Crippen molar-refractivity contribution in [1.82, 2.24) is 5.32 Å². The summed E-state index contributed by atoms with van der Waals surface area (Å²) in [4.78, 5) is 33.8. The van der Waals surface area contributed by atoms with Gasteiger partial charge < -0.3 is 4.74 Å². The number of hydrogen-bond acceptors (Lipinski definition) is 4. The molecule has 1 N–H and O–H groups in total. The van der Waals surface area contributed by atoms with Crippen LogP contribution in [0.3, 0.4) is 0 Å². The summed E-state index contributed by atoms with van der Waals surface area (Å²) >= 11 is 0. The van der Waals surface area contributed by atoms with Gasteiger partial charge in [0.05, 0.1) is 5.41 Å². The van der Waals surface area contributed by atoms with Gasteiger partial charge in [-0.3, -0.25) is 19.7 Å². The molecule has 2 amide bonds. The first-order chi connectivity index (χ1) is 8.41. The van der Waals surface area contributed by atoms with Crippen LogP contribution in [0.4, 0.5) is 0 Å². The Labute approximate surface area is 104 Å². The molecule has 1 saturated heterocycles. The molecule has 0 aliphatic carbocycles. The maximum atomic E-state index is 11.8. The number of imide groups is 1. The van der Waals surface area contributed by atoms with Gasteiger partial charge in [0.1, 0.15) is 5.75 Å². The van der Waals surface area contributed by atoms with Crippen molar-refractivity contribution in [2.45, 2.75) is 25.7 Å². The van der Waals surface area contributed by atoms with Gasteiger partial charge in [-0.15, -0.1) is 0 Å². The molecule has 1 fully saturated rings. The minimum absolute atomic E-state index is 0.138. The fourth-order valence-electron chi connectivity index (χ4n) is 2.00. The Morgan fingerprint density at radius 1 is 1.28 bits per heavy atom. The summed E-state index contributed by atoms with van der Waals surface area (Å²) in [6.45, 7) is 3.03. The van der Waals surface area contributed by atoms with E-state index in [0.29, 0.717) is 5.75 Å². The molecule has 0 saturated carbocycles. The number of amides is 2. The van der Waals surface area contributed by atoms with Crippen LogP contribution in [0.5, 0.6) is 5.75 Å². The van der Waals surface area contributed by atoms with E-state index in [4.69, 9.17) is 4.74 Å². The van der Waals surface area contributed by atoms with Crippen LogP contribution in [0.1, 0.15) is 25.8 Å². The molecule has 5 nitrogen and oxygen atoms in total. The SMILES string of the molecule is CC(=O)Oc1ccc(C2(C)CC(=O)NC2=O)cc1. The topological polar surface area (TPSA) is 72.5 Å². The van der Waals surface area contributed by atoms with Gasteiger partial charge in [0.15, 0.2) is 0 Å². The predicted octanol–water partition coefficient (Wildman–Crippen LogP) is 0.916. The van der Waals surface area contributed by atoms with E-state index in [2.05, 4.69) is 5.32 Å². The summed E-state index contributed by atoms with van der Waals surface area (Å²) in [5.74, 6) is -0.554. The van der Waals surface area contributed by atoms with E-state index in [-0.39, 0.29) is 18.2 Å². The molecule has 1 aromatic rings. The first kappa shape index (κ1) is 12.3. The number of benzene rings is 1. The van der Waals surface area contributed by atoms with E-state index in [1.165, 1.54) is 6.92 Å². The van der Waals surface area contributed by atoms with E-state index >= 15 is 0 Å². The number of ether oxygens (including phenoxy) is 1. The number of hydrogen-bond donors (Lipinski definition) is 1. The highest BCUT2D eigenvalue weighted by molar-refractivity contribution is 6.08. The van der Waals surface area contributed by atoms with Gasteiger partial charge in [0.2, 0.25) is 11.8 Å². The molecule has 0 radical (unpaired) electrons. The van der Waals surface area contributed by atoms with Crippen molar-refractivity contribution in [2.75, 3.05) is 0 Å². The first-order valence-corrected chi connectivity index (χ1v) is 5.55. The molecular weight excluding hydrogens is 234 g/mol. The third kappa shape index (κ3) is 2.11. The fourth-order valence-corrected chi connectivity index (χ4v) is 2.00. The average Bonchev–Trinajstić information content (AvgIpc) is 2.53. The van der Waals surface area contributed by atoms with Crippen molar-refractivity contribution in [3.63, 3.8) is 0 Å². The highest BCUT2D eigenvalue weighted by Gasteiger charge is 2.43. The minimum atomic E-state index is -0.841. The van der Waals surface area contributed by atoms with Gasteiger partial charge >= 0.3 is 5.97 Å². The fraction of sp³-hybridized carbons (Fsp3) is 0.308. The van der Waals surface area contributed by atoms with Crippen LogP contribution in [0, 0.1) is 0 Å². The van der Waals surface area contributed by atoms with Crippen molar-refractivity contribution < 1.29 is 19.1 Å². The van der Waals surface area contributed by atoms with Crippen LogP contribution in [0.15, 0.2) is 24.3 Å². The largest absolute Gasteiger partial charge is 0.427 e. The maximum absolute atomic E-state index is 11.8. The van der Waals surface area contributed by atoms with Gasteiger partial charge in [-0.1, -0.05) is 12.1 Å². The lowest BCUT2D eigenvalue weighted by molar-refractivity contribution is -0.132. The number of rotatable bonds is 2. The molecule has 0 bridgehead atoms. The number of carbonyl (C=O) groups excluding carboxylic acids is 3. The molecule has 1 heterocycles. The standard InChI is InChI=1S/C13H13NO4/c1-8(15)18-10-5-3-9(4-6-10)13(2)7-11(16)14-12(13)17/h3-6H,7H2,1-2H3,(H,14,16,17). The Hall–Kier alpha value is -2.17. The molecule has 1 aliphatic rings. The average molecular weight is 247 g/mol. The van der Waals surface area contributed by atoms with Crippen LogP contribution in [-0.4, -0.2) is 17.8 Å². The molecule has 1 atom stereocenters. The second kappa shape index (κ2) is 4.25. The van der Waals surface area contributed by atoms with Crippen molar-refractivity contribution in [2.24, 2.45) is 0 Å².